The third kappa shape index (κ3) is 3.03. The second-order valence-electron chi connectivity index (χ2n) is 4.95. The molecule has 1 aliphatic rings. The van der Waals surface area contributed by atoms with Crippen LogP contribution in [0.15, 0.2) is 35.4 Å². The monoisotopic (exact) mass is 326 g/mol. The number of halogens is 1. The zero-order valence-corrected chi connectivity index (χ0v) is 12.8. The van der Waals surface area contributed by atoms with E-state index in [9.17, 15) is 8.42 Å². The van der Waals surface area contributed by atoms with Gasteiger partial charge < -0.3 is 4.74 Å². The van der Waals surface area contributed by atoms with Crippen molar-refractivity contribution in [2.75, 3.05) is 13.2 Å². The van der Waals surface area contributed by atoms with Gasteiger partial charge in [0.25, 0.3) is 0 Å². The van der Waals surface area contributed by atoms with Crippen LogP contribution in [0.5, 0.6) is 0 Å². The summed E-state index contributed by atoms with van der Waals surface area (Å²) in [5.41, 5.74) is 0.494. The summed E-state index contributed by atoms with van der Waals surface area (Å²) in [4.78, 5) is 4.37. The Labute approximate surface area is 128 Å². The molecule has 1 fully saturated rings. The molecule has 21 heavy (non-hydrogen) atoms. The lowest BCUT2D eigenvalue weighted by molar-refractivity contribution is 0.0832. The number of nitrogens with zero attached hydrogens (tertiary/aromatic N) is 1. The van der Waals surface area contributed by atoms with Crippen molar-refractivity contribution in [3.8, 4) is 0 Å². The predicted octanol–water partition coefficient (Wildman–Crippen LogP) is 2.35. The number of rotatable bonds is 3. The molecule has 1 aromatic heterocycles. The van der Waals surface area contributed by atoms with Crippen molar-refractivity contribution in [3.63, 3.8) is 0 Å². The second kappa shape index (κ2) is 5.88. The molecule has 0 amide bonds. The van der Waals surface area contributed by atoms with Gasteiger partial charge in [0.1, 0.15) is 0 Å². The summed E-state index contributed by atoms with van der Waals surface area (Å²) in [5.74, 6) is 0. The topological polar surface area (TPSA) is 68.3 Å². The van der Waals surface area contributed by atoms with Gasteiger partial charge in [-0.2, -0.15) is 0 Å². The summed E-state index contributed by atoms with van der Waals surface area (Å²) in [5, 5.41) is 0.972. The van der Waals surface area contributed by atoms with Gasteiger partial charge in [0.2, 0.25) is 10.0 Å². The number of pyridine rings is 1. The number of hydrogen-bond acceptors (Lipinski definition) is 4. The fourth-order valence-electron chi connectivity index (χ4n) is 2.44. The third-order valence-electron chi connectivity index (χ3n) is 3.51. The van der Waals surface area contributed by atoms with Crippen LogP contribution >= 0.6 is 11.6 Å². The highest BCUT2D eigenvalue weighted by atomic mass is 35.5. The van der Waals surface area contributed by atoms with Crippen molar-refractivity contribution in [1.82, 2.24) is 9.71 Å². The van der Waals surface area contributed by atoms with Gasteiger partial charge in [0, 0.05) is 30.8 Å². The normalized spacial score (nSPS) is 17.2. The molecule has 0 unspecified atom stereocenters. The van der Waals surface area contributed by atoms with E-state index in [2.05, 4.69) is 9.71 Å². The van der Waals surface area contributed by atoms with E-state index in [1.807, 2.05) is 0 Å². The first kappa shape index (κ1) is 14.7. The summed E-state index contributed by atoms with van der Waals surface area (Å²) in [6, 6.07) is 6.41. The largest absolute Gasteiger partial charge is 0.381 e. The lowest BCUT2D eigenvalue weighted by atomic mass is 10.1. The first-order valence-electron chi connectivity index (χ1n) is 6.71. The Morgan fingerprint density at radius 2 is 2.00 bits per heavy atom. The number of benzene rings is 1. The highest BCUT2D eigenvalue weighted by molar-refractivity contribution is 7.89. The second-order valence-corrected chi connectivity index (χ2v) is 7.04. The van der Waals surface area contributed by atoms with Crippen molar-refractivity contribution in [3.05, 3.63) is 35.5 Å². The molecule has 1 aromatic carbocycles. The summed E-state index contributed by atoms with van der Waals surface area (Å²) in [7, 11) is -3.61. The quantitative estimate of drug-likeness (QED) is 0.940. The fraction of sp³-hybridized carbons (Fsp3) is 0.357. The Kier molecular flexibility index (Phi) is 4.12. The van der Waals surface area contributed by atoms with Crippen molar-refractivity contribution < 1.29 is 13.2 Å². The number of nitrogens with one attached hydrogen (secondary N) is 1. The number of aromatic nitrogens is 1. The van der Waals surface area contributed by atoms with Gasteiger partial charge >= 0.3 is 0 Å². The molecule has 3 rings (SSSR count). The van der Waals surface area contributed by atoms with Crippen LogP contribution in [-0.2, 0) is 14.8 Å². The Hall–Kier alpha value is -1.21. The molecule has 5 nitrogen and oxygen atoms in total. The predicted molar refractivity (Wildman–Crippen MR) is 80.9 cm³/mol. The molecule has 0 aliphatic carbocycles. The zero-order chi connectivity index (χ0) is 14.9. The van der Waals surface area contributed by atoms with Crippen molar-refractivity contribution >= 4 is 32.5 Å². The maximum atomic E-state index is 12.6. The lowest BCUT2D eigenvalue weighted by Crippen LogP contribution is -2.38. The van der Waals surface area contributed by atoms with Crippen molar-refractivity contribution in [2.45, 2.75) is 23.8 Å². The van der Waals surface area contributed by atoms with E-state index in [0.29, 0.717) is 42.0 Å². The summed E-state index contributed by atoms with van der Waals surface area (Å²) in [6.45, 7) is 1.16. The number of hydrogen-bond donors (Lipinski definition) is 1. The Balaban J connectivity index is 2.00. The molecule has 112 valence electrons. The molecule has 1 N–H and O–H groups in total. The minimum atomic E-state index is -3.61. The maximum absolute atomic E-state index is 12.6. The zero-order valence-electron chi connectivity index (χ0n) is 11.3. The summed E-state index contributed by atoms with van der Waals surface area (Å²) in [6.07, 6.45) is 2.96. The van der Waals surface area contributed by atoms with Crippen molar-refractivity contribution in [1.29, 1.82) is 0 Å². The van der Waals surface area contributed by atoms with E-state index in [-0.39, 0.29) is 10.9 Å². The first-order chi connectivity index (χ1) is 10.1. The van der Waals surface area contributed by atoms with Crippen LogP contribution in [0, 0.1) is 0 Å². The van der Waals surface area contributed by atoms with Crippen LogP contribution in [-0.4, -0.2) is 32.7 Å². The number of ether oxygens (including phenoxy) is 1. The molecule has 0 saturated carbocycles. The van der Waals surface area contributed by atoms with Gasteiger partial charge in [0.05, 0.1) is 15.4 Å². The highest BCUT2D eigenvalue weighted by Crippen LogP contribution is 2.27. The van der Waals surface area contributed by atoms with Crippen LogP contribution in [0.2, 0.25) is 5.02 Å². The van der Waals surface area contributed by atoms with Crippen LogP contribution in [0.4, 0.5) is 0 Å². The Morgan fingerprint density at radius 1 is 1.24 bits per heavy atom. The van der Waals surface area contributed by atoms with Crippen LogP contribution in [0.25, 0.3) is 10.9 Å². The minimum Gasteiger partial charge on any atom is -0.381 e. The standard InChI is InChI=1S/C14H15ClN2O3S/c15-12-3-4-13(11-2-1-7-16-14(11)12)21(18,19)17-10-5-8-20-9-6-10/h1-4,7,10,17H,5-6,8-9H2. The molecular formula is C14H15ClN2O3S. The maximum Gasteiger partial charge on any atom is 0.241 e. The van der Waals surface area contributed by atoms with Gasteiger partial charge in [-0.25, -0.2) is 13.1 Å². The van der Waals surface area contributed by atoms with E-state index >= 15 is 0 Å². The molecule has 1 saturated heterocycles. The Bertz CT molecular complexity index is 758. The molecular weight excluding hydrogens is 312 g/mol. The van der Waals surface area contributed by atoms with E-state index in [0.717, 1.165) is 0 Å². The van der Waals surface area contributed by atoms with Gasteiger partial charge in [-0.15, -0.1) is 0 Å². The average Bonchev–Trinajstić information content (AvgIpc) is 2.48. The SMILES string of the molecule is O=S(=O)(NC1CCOCC1)c1ccc(Cl)c2ncccc12. The molecule has 0 atom stereocenters. The number of sulfonamides is 1. The number of fused-ring (bicyclic) bond motifs is 1. The molecule has 0 spiro atoms. The summed E-state index contributed by atoms with van der Waals surface area (Å²) >= 11 is 6.08. The van der Waals surface area contributed by atoms with E-state index in [1.165, 1.54) is 6.07 Å². The van der Waals surface area contributed by atoms with Gasteiger partial charge in [0.15, 0.2) is 0 Å². The highest BCUT2D eigenvalue weighted by Gasteiger charge is 2.24. The van der Waals surface area contributed by atoms with Gasteiger partial charge in [-0.05, 0) is 37.1 Å². The summed E-state index contributed by atoms with van der Waals surface area (Å²) < 4.78 is 33.2. The lowest BCUT2D eigenvalue weighted by Gasteiger charge is -2.23. The molecule has 1 aliphatic heterocycles. The smallest absolute Gasteiger partial charge is 0.241 e. The molecule has 0 radical (unpaired) electrons. The molecule has 0 bridgehead atoms. The van der Waals surface area contributed by atoms with Crippen LogP contribution in [0.3, 0.4) is 0 Å². The third-order valence-corrected chi connectivity index (χ3v) is 5.40. The van der Waals surface area contributed by atoms with Gasteiger partial charge in [-0.1, -0.05) is 11.6 Å². The van der Waals surface area contributed by atoms with Crippen LogP contribution < -0.4 is 4.72 Å². The van der Waals surface area contributed by atoms with E-state index < -0.39 is 10.0 Å². The first-order valence-corrected chi connectivity index (χ1v) is 8.57. The van der Waals surface area contributed by atoms with Crippen molar-refractivity contribution in [2.24, 2.45) is 0 Å². The Morgan fingerprint density at radius 3 is 2.76 bits per heavy atom. The van der Waals surface area contributed by atoms with E-state index in [1.54, 1.807) is 24.4 Å². The average molecular weight is 327 g/mol. The molecule has 2 heterocycles. The van der Waals surface area contributed by atoms with E-state index in [4.69, 9.17) is 16.3 Å². The van der Waals surface area contributed by atoms with Gasteiger partial charge in [-0.3, -0.25) is 4.98 Å². The minimum absolute atomic E-state index is 0.0915. The fourth-order valence-corrected chi connectivity index (χ4v) is 4.16. The molecule has 2 aromatic rings. The van der Waals surface area contributed by atoms with Crippen LogP contribution in [0.1, 0.15) is 12.8 Å². The molecule has 7 heteroatoms.